The highest BCUT2D eigenvalue weighted by Gasteiger charge is 2.35. The van der Waals surface area contributed by atoms with Crippen LogP contribution in [-0.4, -0.2) is 0 Å². The highest BCUT2D eigenvalue weighted by molar-refractivity contribution is 7.26. The molecule has 0 amide bonds. The zero-order chi connectivity index (χ0) is 31.5. The van der Waals surface area contributed by atoms with Gasteiger partial charge < -0.3 is 4.90 Å². The van der Waals surface area contributed by atoms with Crippen molar-refractivity contribution < 1.29 is 0 Å². The normalized spacial score (nSPS) is 13.1. The molecule has 8 aromatic rings. The lowest BCUT2D eigenvalue weighted by molar-refractivity contribution is 0.660. The Morgan fingerprint density at radius 1 is 0.426 bits per heavy atom. The van der Waals surface area contributed by atoms with Gasteiger partial charge >= 0.3 is 0 Å². The first kappa shape index (κ1) is 27.8. The van der Waals surface area contributed by atoms with Gasteiger partial charge in [-0.15, -0.1) is 11.3 Å². The molecule has 1 aromatic heterocycles. The summed E-state index contributed by atoms with van der Waals surface area (Å²) >= 11 is 1.88. The van der Waals surface area contributed by atoms with E-state index in [1.807, 2.05) is 11.3 Å². The molecule has 0 unspecified atom stereocenters. The number of fused-ring (bicyclic) bond motifs is 6. The Morgan fingerprint density at radius 3 is 1.79 bits per heavy atom. The third-order valence-electron chi connectivity index (χ3n) is 9.90. The third kappa shape index (κ3) is 4.52. The van der Waals surface area contributed by atoms with Gasteiger partial charge in [0, 0.05) is 42.6 Å². The monoisotopic (exact) mass is 619 g/mol. The lowest BCUT2D eigenvalue weighted by Crippen LogP contribution is -2.16. The molecule has 1 heterocycles. The number of nitrogens with zero attached hydrogens (tertiary/aromatic N) is 1. The van der Waals surface area contributed by atoms with Crippen LogP contribution in [0.1, 0.15) is 25.0 Å². The molecule has 0 N–H and O–H groups in total. The second kappa shape index (κ2) is 10.8. The van der Waals surface area contributed by atoms with Gasteiger partial charge in [-0.05, 0) is 87.0 Å². The molecule has 0 radical (unpaired) electrons. The molecular formula is C45H33NS. The van der Waals surface area contributed by atoms with Crippen LogP contribution < -0.4 is 4.90 Å². The van der Waals surface area contributed by atoms with Gasteiger partial charge in [0.1, 0.15) is 0 Å². The smallest absolute Gasteiger partial charge is 0.0465 e. The summed E-state index contributed by atoms with van der Waals surface area (Å²) in [5.74, 6) is 0. The van der Waals surface area contributed by atoms with E-state index in [4.69, 9.17) is 0 Å². The number of benzene rings is 7. The van der Waals surface area contributed by atoms with Crippen molar-refractivity contribution in [3.63, 3.8) is 0 Å². The maximum absolute atomic E-state index is 2.41. The fourth-order valence-corrected chi connectivity index (χ4v) is 8.71. The van der Waals surface area contributed by atoms with Crippen molar-refractivity contribution in [2.75, 3.05) is 4.90 Å². The Morgan fingerprint density at radius 2 is 1.00 bits per heavy atom. The topological polar surface area (TPSA) is 3.24 Å². The number of anilines is 3. The predicted molar refractivity (Wildman–Crippen MR) is 202 cm³/mol. The van der Waals surface area contributed by atoms with E-state index in [1.165, 1.54) is 64.7 Å². The van der Waals surface area contributed by atoms with Gasteiger partial charge in [-0.1, -0.05) is 135 Å². The molecule has 1 aliphatic carbocycles. The summed E-state index contributed by atoms with van der Waals surface area (Å²) < 4.78 is 2.67. The summed E-state index contributed by atoms with van der Waals surface area (Å²) in [6.07, 6.45) is 0. The maximum Gasteiger partial charge on any atom is 0.0465 e. The van der Waals surface area contributed by atoms with Crippen molar-refractivity contribution in [2.45, 2.75) is 19.3 Å². The maximum atomic E-state index is 2.41. The molecule has 224 valence electrons. The van der Waals surface area contributed by atoms with Crippen molar-refractivity contribution in [3.8, 4) is 33.4 Å². The summed E-state index contributed by atoms with van der Waals surface area (Å²) in [4.78, 5) is 2.40. The molecule has 0 bridgehead atoms. The zero-order valence-electron chi connectivity index (χ0n) is 26.4. The van der Waals surface area contributed by atoms with Crippen LogP contribution in [0.5, 0.6) is 0 Å². The van der Waals surface area contributed by atoms with E-state index in [1.54, 1.807) is 0 Å². The summed E-state index contributed by atoms with van der Waals surface area (Å²) in [6.45, 7) is 4.70. The Hall–Kier alpha value is -5.44. The van der Waals surface area contributed by atoms with E-state index >= 15 is 0 Å². The van der Waals surface area contributed by atoms with Crippen LogP contribution in [0.3, 0.4) is 0 Å². The van der Waals surface area contributed by atoms with Gasteiger partial charge in [-0.25, -0.2) is 0 Å². The average molecular weight is 620 g/mol. The van der Waals surface area contributed by atoms with Crippen LogP contribution >= 0.6 is 11.3 Å². The first-order valence-electron chi connectivity index (χ1n) is 16.3. The first-order valence-corrected chi connectivity index (χ1v) is 17.1. The fourth-order valence-electron chi connectivity index (χ4n) is 7.48. The van der Waals surface area contributed by atoms with Crippen LogP contribution in [0.25, 0.3) is 53.6 Å². The molecule has 2 heteroatoms. The lowest BCUT2D eigenvalue weighted by atomic mass is 9.82. The minimum Gasteiger partial charge on any atom is -0.310 e. The van der Waals surface area contributed by atoms with E-state index in [-0.39, 0.29) is 5.41 Å². The SMILES string of the molecule is CC1(C)c2ccccc2-c2ccc(N(c3ccc(-c4ccccc4)cc3)c3ccc(-c4cccc5c4sc4ccccc45)cc3)cc21. The highest BCUT2D eigenvalue weighted by Crippen LogP contribution is 2.51. The van der Waals surface area contributed by atoms with Crippen LogP contribution in [0.15, 0.2) is 164 Å². The van der Waals surface area contributed by atoms with E-state index in [0.29, 0.717) is 0 Å². The standard InChI is InChI=1S/C45H33NS/c1-45(2)41-17-8-6-13-37(41)38-28-27-35(29-42(38)45)46(33-23-19-31(20-24-33)30-11-4-3-5-12-30)34-25-21-32(22-26-34)36-15-10-16-40-39-14-7-9-18-43(39)47-44(36)40/h3-29H,1-2H3. The zero-order valence-corrected chi connectivity index (χ0v) is 27.3. The molecule has 0 saturated carbocycles. The van der Waals surface area contributed by atoms with Crippen molar-refractivity contribution in [3.05, 3.63) is 175 Å². The van der Waals surface area contributed by atoms with Crippen LogP contribution in [-0.2, 0) is 5.41 Å². The van der Waals surface area contributed by atoms with E-state index in [2.05, 4.69) is 183 Å². The second-order valence-electron chi connectivity index (χ2n) is 13.0. The highest BCUT2D eigenvalue weighted by atomic mass is 32.1. The van der Waals surface area contributed by atoms with Gasteiger partial charge in [0.15, 0.2) is 0 Å². The molecule has 7 aromatic carbocycles. The molecule has 1 nitrogen and oxygen atoms in total. The largest absolute Gasteiger partial charge is 0.310 e. The number of rotatable bonds is 5. The molecule has 1 aliphatic rings. The Bertz CT molecular complexity index is 2410. The molecule has 9 rings (SSSR count). The van der Waals surface area contributed by atoms with Gasteiger partial charge in [0.05, 0.1) is 0 Å². The minimum atomic E-state index is -0.0719. The molecule has 47 heavy (non-hydrogen) atoms. The third-order valence-corrected chi connectivity index (χ3v) is 11.1. The van der Waals surface area contributed by atoms with Gasteiger partial charge in [-0.2, -0.15) is 0 Å². The van der Waals surface area contributed by atoms with Crippen molar-refractivity contribution in [1.82, 2.24) is 0 Å². The van der Waals surface area contributed by atoms with Crippen molar-refractivity contribution >= 4 is 48.6 Å². The van der Waals surface area contributed by atoms with Gasteiger partial charge in [0.25, 0.3) is 0 Å². The quantitative estimate of drug-likeness (QED) is 0.185. The van der Waals surface area contributed by atoms with Crippen molar-refractivity contribution in [1.29, 1.82) is 0 Å². The summed E-state index contributed by atoms with van der Waals surface area (Å²) in [5.41, 5.74) is 13.8. The molecule has 0 spiro atoms. The predicted octanol–water partition coefficient (Wildman–Crippen LogP) is 13.2. The van der Waals surface area contributed by atoms with Gasteiger partial charge in [-0.3, -0.25) is 0 Å². The van der Waals surface area contributed by atoms with Crippen LogP contribution in [0, 0.1) is 0 Å². The van der Waals surface area contributed by atoms with E-state index in [9.17, 15) is 0 Å². The summed E-state index contributed by atoms with van der Waals surface area (Å²) in [6, 6.07) is 60.0. The fraction of sp³-hybridized carbons (Fsp3) is 0.0667. The summed E-state index contributed by atoms with van der Waals surface area (Å²) in [7, 11) is 0. The summed E-state index contributed by atoms with van der Waals surface area (Å²) in [5, 5.41) is 2.66. The molecule has 0 atom stereocenters. The average Bonchev–Trinajstić information content (AvgIpc) is 3.62. The molecule has 0 saturated heterocycles. The van der Waals surface area contributed by atoms with Gasteiger partial charge in [0.2, 0.25) is 0 Å². The van der Waals surface area contributed by atoms with E-state index in [0.717, 1.165) is 17.1 Å². The second-order valence-corrected chi connectivity index (χ2v) is 14.0. The Balaban J connectivity index is 1.16. The van der Waals surface area contributed by atoms with Crippen LogP contribution in [0.2, 0.25) is 0 Å². The molecule has 0 fully saturated rings. The first-order chi connectivity index (χ1) is 23.1. The number of hydrogen-bond acceptors (Lipinski definition) is 2. The lowest BCUT2D eigenvalue weighted by Gasteiger charge is -2.28. The Labute approximate surface area is 280 Å². The minimum absolute atomic E-state index is 0.0719. The van der Waals surface area contributed by atoms with Crippen molar-refractivity contribution in [2.24, 2.45) is 0 Å². The van der Waals surface area contributed by atoms with E-state index < -0.39 is 0 Å². The number of thiophene rings is 1. The molecular weight excluding hydrogens is 587 g/mol. The molecule has 0 aliphatic heterocycles. The number of hydrogen-bond donors (Lipinski definition) is 0. The Kier molecular flexibility index (Phi) is 6.41. The van der Waals surface area contributed by atoms with Crippen LogP contribution in [0.4, 0.5) is 17.1 Å².